The summed E-state index contributed by atoms with van der Waals surface area (Å²) in [6.07, 6.45) is 5.65. The third-order valence-corrected chi connectivity index (χ3v) is 4.22. The van der Waals surface area contributed by atoms with Crippen LogP contribution in [0.5, 0.6) is 0 Å². The summed E-state index contributed by atoms with van der Waals surface area (Å²) in [5, 5.41) is 2.73. The number of H-pyrrole nitrogens is 1. The lowest BCUT2D eigenvalue weighted by Crippen LogP contribution is -2.00. The highest BCUT2D eigenvalue weighted by Gasteiger charge is 2.20. The van der Waals surface area contributed by atoms with E-state index in [1.165, 1.54) is 33.3 Å². The molecular weight excluding hydrogens is 242 g/mol. The number of fused-ring (bicyclic) bond motifs is 3. The maximum Gasteiger partial charge on any atom is 0.0158 e. The van der Waals surface area contributed by atoms with Crippen LogP contribution in [-0.2, 0) is 6.42 Å². The second-order valence-corrected chi connectivity index (χ2v) is 5.63. The molecule has 0 aliphatic heterocycles. The fraction of sp³-hybridized carbons (Fsp3) is 0.158. The fourth-order valence-corrected chi connectivity index (χ4v) is 3.28. The van der Waals surface area contributed by atoms with Gasteiger partial charge in [0.25, 0.3) is 0 Å². The van der Waals surface area contributed by atoms with Gasteiger partial charge < -0.3 is 4.98 Å². The van der Waals surface area contributed by atoms with Gasteiger partial charge in [-0.1, -0.05) is 48.6 Å². The van der Waals surface area contributed by atoms with E-state index in [9.17, 15) is 0 Å². The number of aryl methyl sites for hydroxylation is 1. The van der Waals surface area contributed by atoms with Gasteiger partial charge >= 0.3 is 0 Å². The van der Waals surface area contributed by atoms with Crippen LogP contribution in [0.3, 0.4) is 0 Å². The van der Waals surface area contributed by atoms with E-state index in [1.807, 2.05) is 0 Å². The molecule has 4 rings (SSSR count). The molecule has 0 radical (unpaired) electrons. The van der Waals surface area contributed by atoms with Gasteiger partial charge in [-0.15, -0.1) is 0 Å². The minimum absolute atomic E-state index is 0.481. The van der Waals surface area contributed by atoms with Crippen LogP contribution in [0.15, 0.2) is 54.6 Å². The Labute approximate surface area is 119 Å². The molecule has 0 saturated carbocycles. The van der Waals surface area contributed by atoms with E-state index >= 15 is 0 Å². The maximum absolute atomic E-state index is 3.45. The molecule has 0 amide bonds. The van der Waals surface area contributed by atoms with E-state index < -0.39 is 0 Å². The third kappa shape index (κ3) is 1.78. The first kappa shape index (κ1) is 11.5. The van der Waals surface area contributed by atoms with Gasteiger partial charge in [-0.05, 0) is 47.4 Å². The summed E-state index contributed by atoms with van der Waals surface area (Å²) in [4.78, 5) is 3.45. The molecule has 0 fully saturated rings. The molecule has 20 heavy (non-hydrogen) atoms. The van der Waals surface area contributed by atoms with Crippen molar-refractivity contribution in [3.8, 4) is 0 Å². The van der Waals surface area contributed by atoms with Gasteiger partial charge in [-0.25, -0.2) is 0 Å². The van der Waals surface area contributed by atoms with Gasteiger partial charge in [-0.2, -0.15) is 0 Å². The lowest BCUT2D eigenvalue weighted by molar-refractivity contribution is 0.832. The molecule has 1 aliphatic carbocycles. The zero-order valence-electron chi connectivity index (χ0n) is 11.6. The molecule has 1 heteroatoms. The lowest BCUT2D eigenvalue weighted by atomic mass is 9.91. The first-order valence-electron chi connectivity index (χ1n) is 7.15. The number of hydrogen-bond donors (Lipinski definition) is 1. The largest absolute Gasteiger partial charge is 0.362 e. The van der Waals surface area contributed by atoms with Crippen molar-refractivity contribution in [3.63, 3.8) is 0 Å². The highest BCUT2D eigenvalue weighted by molar-refractivity contribution is 5.91. The zero-order chi connectivity index (χ0) is 13.5. The van der Waals surface area contributed by atoms with Gasteiger partial charge in [0, 0.05) is 17.3 Å². The number of aromatic amines is 1. The Kier molecular flexibility index (Phi) is 2.53. The standard InChI is InChI=1S/C19H17N/c1-13-6-11-17(20-13)12-16-10-9-15-8-7-14-4-2-3-5-18(14)19(15)16/h2-11,16,20H,12H2,1H3. The molecule has 98 valence electrons. The highest BCUT2D eigenvalue weighted by atomic mass is 14.7. The van der Waals surface area contributed by atoms with E-state index in [0.717, 1.165) is 6.42 Å². The Morgan fingerprint density at radius 3 is 2.75 bits per heavy atom. The third-order valence-electron chi connectivity index (χ3n) is 4.22. The quantitative estimate of drug-likeness (QED) is 0.678. The predicted octanol–water partition coefficient (Wildman–Crippen LogP) is 4.83. The van der Waals surface area contributed by atoms with Crippen LogP contribution < -0.4 is 0 Å². The number of nitrogens with one attached hydrogen (secondary N) is 1. The zero-order valence-corrected chi connectivity index (χ0v) is 11.6. The summed E-state index contributed by atoms with van der Waals surface area (Å²) in [6, 6.07) is 17.5. The minimum atomic E-state index is 0.481. The van der Waals surface area contributed by atoms with Gasteiger partial charge in [-0.3, -0.25) is 0 Å². The van der Waals surface area contributed by atoms with Crippen LogP contribution in [-0.4, -0.2) is 4.98 Å². The van der Waals surface area contributed by atoms with Crippen molar-refractivity contribution in [2.75, 3.05) is 0 Å². The number of allylic oxidation sites excluding steroid dienone is 1. The number of benzene rings is 2. The van der Waals surface area contributed by atoms with Crippen molar-refractivity contribution in [2.45, 2.75) is 19.3 Å². The van der Waals surface area contributed by atoms with Crippen molar-refractivity contribution in [1.29, 1.82) is 0 Å². The van der Waals surface area contributed by atoms with E-state index in [-0.39, 0.29) is 0 Å². The van der Waals surface area contributed by atoms with Crippen LogP contribution in [0.1, 0.15) is 28.4 Å². The molecule has 1 aromatic heterocycles. The Bertz CT molecular complexity index is 807. The lowest BCUT2D eigenvalue weighted by Gasteiger charge is -2.13. The molecule has 0 spiro atoms. The first-order valence-corrected chi connectivity index (χ1v) is 7.15. The van der Waals surface area contributed by atoms with Crippen molar-refractivity contribution >= 4 is 16.8 Å². The Balaban J connectivity index is 1.80. The number of rotatable bonds is 2. The first-order chi connectivity index (χ1) is 9.81. The normalized spacial score (nSPS) is 16.8. The Morgan fingerprint density at radius 2 is 1.90 bits per heavy atom. The summed E-state index contributed by atoms with van der Waals surface area (Å²) in [5.41, 5.74) is 5.41. The molecule has 1 N–H and O–H groups in total. The average Bonchev–Trinajstić information content (AvgIpc) is 3.06. The number of aromatic nitrogens is 1. The SMILES string of the molecule is Cc1ccc(CC2C=Cc3ccc4ccccc4c32)[nH]1. The molecule has 1 nitrogen and oxygen atoms in total. The van der Waals surface area contributed by atoms with Crippen molar-refractivity contribution in [1.82, 2.24) is 4.98 Å². The van der Waals surface area contributed by atoms with Crippen LogP contribution >= 0.6 is 0 Å². The van der Waals surface area contributed by atoms with Crippen LogP contribution in [0.25, 0.3) is 16.8 Å². The van der Waals surface area contributed by atoms with E-state index in [1.54, 1.807) is 0 Å². The minimum Gasteiger partial charge on any atom is -0.362 e. The summed E-state index contributed by atoms with van der Waals surface area (Å²) < 4.78 is 0. The topological polar surface area (TPSA) is 15.8 Å². The monoisotopic (exact) mass is 259 g/mol. The Hall–Kier alpha value is -2.28. The van der Waals surface area contributed by atoms with Gasteiger partial charge in [0.15, 0.2) is 0 Å². The molecule has 1 unspecified atom stereocenters. The predicted molar refractivity (Wildman–Crippen MR) is 85.0 cm³/mol. The van der Waals surface area contributed by atoms with Crippen molar-refractivity contribution in [2.24, 2.45) is 0 Å². The average molecular weight is 259 g/mol. The number of hydrogen-bond acceptors (Lipinski definition) is 0. The van der Waals surface area contributed by atoms with Gasteiger partial charge in [0.05, 0.1) is 0 Å². The van der Waals surface area contributed by atoms with Gasteiger partial charge in [0.1, 0.15) is 0 Å². The molecule has 0 saturated heterocycles. The highest BCUT2D eigenvalue weighted by Crippen LogP contribution is 2.37. The molecule has 1 heterocycles. The van der Waals surface area contributed by atoms with Crippen LogP contribution in [0.2, 0.25) is 0 Å². The molecule has 2 aromatic carbocycles. The summed E-state index contributed by atoms with van der Waals surface area (Å²) >= 11 is 0. The summed E-state index contributed by atoms with van der Waals surface area (Å²) in [6.45, 7) is 2.11. The fourth-order valence-electron chi connectivity index (χ4n) is 3.28. The molecule has 1 atom stereocenters. The molecule has 0 bridgehead atoms. The summed E-state index contributed by atoms with van der Waals surface area (Å²) in [7, 11) is 0. The smallest absolute Gasteiger partial charge is 0.0158 e. The van der Waals surface area contributed by atoms with Crippen molar-refractivity contribution in [3.05, 3.63) is 77.1 Å². The van der Waals surface area contributed by atoms with Gasteiger partial charge in [0.2, 0.25) is 0 Å². The Morgan fingerprint density at radius 1 is 1.00 bits per heavy atom. The van der Waals surface area contributed by atoms with E-state index in [2.05, 4.69) is 72.6 Å². The van der Waals surface area contributed by atoms with Crippen LogP contribution in [0.4, 0.5) is 0 Å². The molecule has 1 aliphatic rings. The molecule has 3 aromatic rings. The van der Waals surface area contributed by atoms with E-state index in [4.69, 9.17) is 0 Å². The van der Waals surface area contributed by atoms with Crippen LogP contribution in [0, 0.1) is 6.92 Å². The second kappa shape index (κ2) is 4.38. The van der Waals surface area contributed by atoms with Crippen molar-refractivity contribution < 1.29 is 0 Å². The summed E-state index contributed by atoms with van der Waals surface area (Å²) in [5.74, 6) is 0.481. The maximum atomic E-state index is 3.45. The molecular formula is C19H17N. The second-order valence-electron chi connectivity index (χ2n) is 5.63. The van der Waals surface area contributed by atoms with E-state index in [0.29, 0.717) is 5.92 Å².